The van der Waals surface area contributed by atoms with Crippen LogP contribution in [0.15, 0.2) is 4.52 Å². The van der Waals surface area contributed by atoms with E-state index in [1.807, 2.05) is 6.92 Å². The fourth-order valence-electron chi connectivity index (χ4n) is 2.47. The minimum Gasteiger partial charge on any atom is -0.373 e. The Hall–Kier alpha value is -0.610. The lowest BCUT2D eigenvalue weighted by atomic mass is 9.85. The number of hydrogen-bond donors (Lipinski definition) is 0. The molecular weight excluding hydrogens is 240 g/mol. The van der Waals surface area contributed by atoms with Crippen molar-refractivity contribution in [1.29, 1.82) is 0 Å². The van der Waals surface area contributed by atoms with Crippen LogP contribution in [0.4, 0.5) is 0 Å². The van der Waals surface area contributed by atoms with Crippen molar-refractivity contribution in [2.45, 2.75) is 50.5 Å². The molecule has 1 aliphatic rings. The van der Waals surface area contributed by atoms with Gasteiger partial charge in [0, 0.05) is 7.11 Å². The minimum atomic E-state index is -0.250. The van der Waals surface area contributed by atoms with Gasteiger partial charge in [0.1, 0.15) is 11.5 Å². The molecule has 0 aromatic carbocycles. The molecule has 1 heterocycles. The summed E-state index contributed by atoms with van der Waals surface area (Å²) in [6, 6.07) is 0. The Labute approximate surface area is 107 Å². The van der Waals surface area contributed by atoms with Crippen LogP contribution in [-0.2, 0) is 4.74 Å². The van der Waals surface area contributed by atoms with Gasteiger partial charge in [-0.2, -0.15) is 4.98 Å². The number of aromatic nitrogens is 2. The molecule has 17 heavy (non-hydrogen) atoms. The molecule has 1 aliphatic carbocycles. The summed E-state index contributed by atoms with van der Waals surface area (Å²) in [5.41, 5.74) is 0. The molecule has 0 aliphatic heterocycles. The molecule has 0 saturated heterocycles. The van der Waals surface area contributed by atoms with E-state index in [0.717, 1.165) is 0 Å². The molecule has 96 valence electrons. The van der Waals surface area contributed by atoms with Crippen molar-refractivity contribution in [1.82, 2.24) is 10.1 Å². The molecule has 1 aromatic rings. The third-order valence-corrected chi connectivity index (χ3v) is 3.57. The summed E-state index contributed by atoms with van der Waals surface area (Å²) in [6.45, 7) is 1.82. The largest absolute Gasteiger partial charge is 0.373 e. The summed E-state index contributed by atoms with van der Waals surface area (Å²) in [7, 11) is 1.71. The minimum absolute atomic E-state index is 0.0526. The topological polar surface area (TPSA) is 48.2 Å². The van der Waals surface area contributed by atoms with E-state index in [1.165, 1.54) is 32.1 Å². The number of ether oxygens (including phenoxy) is 1. The van der Waals surface area contributed by atoms with Crippen LogP contribution in [0.5, 0.6) is 0 Å². The maximum Gasteiger partial charge on any atom is 0.244 e. The summed E-state index contributed by atoms with van der Waals surface area (Å²) in [5, 5.41) is 3.74. The molecule has 0 spiro atoms. The molecule has 2 unspecified atom stereocenters. The first-order valence-electron chi connectivity index (χ1n) is 6.22. The highest BCUT2D eigenvalue weighted by Gasteiger charge is 2.29. The number of rotatable bonds is 4. The van der Waals surface area contributed by atoms with E-state index in [2.05, 4.69) is 10.1 Å². The SMILES string of the molecule is COC(c1noc(C(C)Cl)n1)C1CCCCC1. The first-order valence-corrected chi connectivity index (χ1v) is 6.66. The van der Waals surface area contributed by atoms with Gasteiger partial charge in [-0.25, -0.2) is 0 Å². The molecule has 1 aromatic heterocycles. The molecule has 0 bridgehead atoms. The summed E-state index contributed by atoms with van der Waals surface area (Å²) in [5.74, 6) is 1.62. The second kappa shape index (κ2) is 5.83. The van der Waals surface area contributed by atoms with E-state index in [9.17, 15) is 0 Å². The third kappa shape index (κ3) is 2.99. The van der Waals surface area contributed by atoms with Crippen molar-refractivity contribution in [2.75, 3.05) is 7.11 Å². The zero-order valence-electron chi connectivity index (χ0n) is 10.4. The highest BCUT2D eigenvalue weighted by molar-refractivity contribution is 6.20. The maximum atomic E-state index is 5.91. The van der Waals surface area contributed by atoms with Gasteiger partial charge < -0.3 is 9.26 Å². The summed E-state index contributed by atoms with van der Waals surface area (Å²) >= 11 is 5.91. The molecule has 2 atom stereocenters. The van der Waals surface area contributed by atoms with E-state index in [0.29, 0.717) is 17.6 Å². The van der Waals surface area contributed by atoms with Crippen molar-refractivity contribution in [2.24, 2.45) is 5.92 Å². The van der Waals surface area contributed by atoms with Crippen LogP contribution in [0.1, 0.15) is 62.2 Å². The Morgan fingerprint density at radius 2 is 2.06 bits per heavy atom. The Morgan fingerprint density at radius 1 is 1.35 bits per heavy atom. The highest BCUT2D eigenvalue weighted by Crippen LogP contribution is 2.35. The van der Waals surface area contributed by atoms with Gasteiger partial charge in [-0.15, -0.1) is 11.6 Å². The van der Waals surface area contributed by atoms with E-state index < -0.39 is 0 Å². The highest BCUT2D eigenvalue weighted by atomic mass is 35.5. The van der Waals surface area contributed by atoms with Crippen LogP contribution in [0.3, 0.4) is 0 Å². The second-order valence-corrected chi connectivity index (χ2v) is 5.32. The predicted octanol–water partition coefficient (Wildman–Crippen LogP) is 3.64. The monoisotopic (exact) mass is 258 g/mol. The number of alkyl halides is 1. The maximum absolute atomic E-state index is 5.91. The van der Waals surface area contributed by atoms with Crippen LogP contribution < -0.4 is 0 Å². The number of methoxy groups -OCH3 is 1. The second-order valence-electron chi connectivity index (χ2n) is 4.66. The molecule has 0 N–H and O–H groups in total. The van der Waals surface area contributed by atoms with Crippen molar-refractivity contribution in [3.05, 3.63) is 11.7 Å². The van der Waals surface area contributed by atoms with Gasteiger partial charge in [0.15, 0.2) is 0 Å². The Balaban J connectivity index is 2.10. The number of nitrogens with zero attached hydrogens (tertiary/aromatic N) is 2. The normalized spacial score (nSPS) is 21.4. The Morgan fingerprint density at radius 3 is 2.59 bits per heavy atom. The molecule has 0 radical (unpaired) electrons. The zero-order valence-corrected chi connectivity index (χ0v) is 11.1. The summed E-state index contributed by atoms with van der Waals surface area (Å²) in [6.07, 6.45) is 6.16. The number of halogens is 1. The van der Waals surface area contributed by atoms with Gasteiger partial charge in [0.05, 0.1) is 0 Å². The molecule has 4 nitrogen and oxygen atoms in total. The zero-order chi connectivity index (χ0) is 12.3. The third-order valence-electron chi connectivity index (χ3n) is 3.38. The first-order chi connectivity index (χ1) is 8.22. The fraction of sp³-hybridized carbons (Fsp3) is 0.833. The standard InChI is InChI=1S/C12H19ClN2O2/c1-8(13)12-14-11(15-17-12)10(16-2)9-6-4-3-5-7-9/h8-10H,3-7H2,1-2H3. The van der Waals surface area contributed by atoms with Crippen molar-refractivity contribution < 1.29 is 9.26 Å². The molecule has 0 amide bonds. The van der Waals surface area contributed by atoms with Gasteiger partial charge in [0.2, 0.25) is 11.7 Å². The molecule has 1 saturated carbocycles. The molecule has 5 heteroatoms. The van der Waals surface area contributed by atoms with Crippen LogP contribution in [-0.4, -0.2) is 17.3 Å². The van der Waals surface area contributed by atoms with Crippen LogP contribution in [0.2, 0.25) is 0 Å². The number of hydrogen-bond acceptors (Lipinski definition) is 4. The fourth-order valence-corrected chi connectivity index (χ4v) is 2.56. The molecular formula is C12H19ClN2O2. The van der Waals surface area contributed by atoms with Gasteiger partial charge in [-0.1, -0.05) is 24.4 Å². The van der Waals surface area contributed by atoms with Crippen LogP contribution in [0, 0.1) is 5.92 Å². The lowest BCUT2D eigenvalue weighted by molar-refractivity contribution is 0.0273. The van der Waals surface area contributed by atoms with E-state index in [-0.39, 0.29) is 11.5 Å². The summed E-state index contributed by atoms with van der Waals surface area (Å²) in [4.78, 5) is 4.32. The summed E-state index contributed by atoms with van der Waals surface area (Å²) < 4.78 is 10.7. The van der Waals surface area contributed by atoms with Crippen molar-refractivity contribution >= 4 is 11.6 Å². The lowest BCUT2D eigenvalue weighted by Gasteiger charge is -2.26. The lowest BCUT2D eigenvalue weighted by Crippen LogP contribution is -2.19. The van der Waals surface area contributed by atoms with E-state index in [1.54, 1.807) is 7.11 Å². The van der Waals surface area contributed by atoms with Gasteiger partial charge in [0.25, 0.3) is 0 Å². The van der Waals surface area contributed by atoms with Gasteiger partial charge in [-0.05, 0) is 25.7 Å². The van der Waals surface area contributed by atoms with E-state index >= 15 is 0 Å². The Bertz CT molecular complexity index is 348. The van der Waals surface area contributed by atoms with E-state index in [4.69, 9.17) is 20.9 Å². The smallest absolute Gasteiger partial charge is 0.244 e. The van der Waals surface area contributed by atoms with Gasteiger partial charge >= 0.3 is 0 Å². The average molecular weight is 259 g/mol. The molecule has 1 fully saturated rings. The molecule has 2 rings (SSSR count). The van der Waals surface area contributed by atoms with Crippen molar-refractivity contribution in [3.63, 3.8) is 0 Å². The van der Waals surface area contributed by atoms with Crippen molar-refractivity contribution in [3.8, 4) is 0 Å². The Kier molecular flexibility index (Phi) is 4.40. The van der Waals surface area contributed by atoms with Gasteiger partial charge in [-0.3, -0.25) is 0 Å². The average Bonchev–Trinajstić information content (AvgIpc) is 2.81. The first kappa shape index (κ1) is 12.8. The predicted molar refractivity (Wildman–Crippen MR) is 64.9 cm³/mol. The van der Waals surface area contributed by atoms with Crippen LogP contribution in [0.25, 0.3) is 0 Å². The van der Waals surface area contributed by atoms with Crippen LogP contribution >= 0.6 is 11.6 Å². The quantitative estimate of drug-likeness (QED) is 0.774.